The summed E-state index contributed by atoms with van der Waals surface area (Å²) in [6.45, 7) is 9.13. The summed E-state index contributed by atoms with van der Waals surface area (Å²) >= 11 is 1.70. The van der Waals surface area contributed by atoms with Gasteiger partial charge in [0, 0.05) is 28.1 Å². The lowest BCUT2D eigenvalue weighted by Gasteiger charge is -2.46. The van der Waals surface area contributed by atoms with Crippen LogP contribution in [0.4, 0.5) is 5.13 Å². The second kappa shape index (κ2) is 6.36. The van der Waals surface area contributed by atoms with Gasteiger partial charge in [0.1, 0.15) is 0 Å². The normalized spacial score (nSPS) is 19.5. The number of thiazole rings is 1. The Labute approximate surface area is 159 Å². The predicted octanol–water partition coefficient (Wildman–Crippen LogP) is 5.68. The Balaban J connectivity index is 1.54. The Hall–Kier alpha value is -1.91. The number of fused-ring (bicyclic) bond motifs is 1. The monoisotopic (exact) mass is 365 g/mol. The average molecular weight is 366 g/mol. The van der Waals surface area contributed by atoms with E-state index >= 15 is 0 Å². The van der Waals surface area contributed by atoms with Crippen LogP contribution < -0.4 is 10.6 Å². The van der Waals surface area contributed by atoms with E-state index in [1.807, 2.05) is 0 Å². The quantitative estimate of drug-likeness (QED) is 0.626. The number of anilines is 1. The second-order valence-corrected chi connectivity index (χ2v) is 9.60. The Morgan fingerprint density at radius 3 is 2.42 bits per heavy atom. The molecule has 4 rings (SSSR count). The highest BCUT2D eigenvalue weighted by Crippen LogP contribution is 2.33. The zero-order chi connectivity index (χ0) is 18.4. The third-order valence-corrected chi connectivity index (χ3v) is 5.84. The molecule has 3 nitrogen and oxygen atoms in total. The van der Waals surface area contributed by atoms with Crippen molar-refractivity contribution in [3.63, 3.8) is 0 Å². The Morgan fingerprint density at radius 1 is 1.00 bits per heavy atom. The zero-order valence-electron chi connectivity index (χ0n) is 16.0. The van der Waals surface area contributed by atoms with Gasteiger partial charge in [-0.05, 0) is 57.4 Å². The van der Waals surface area contributed by atoms with E-state index < -0.39 is 0 Å². The fraction of sp³-hybridized carbons (Fsp3) is 0.409. The van der Waals surface area contributed by atoms with Gasteiger partial charge in [0.25, 0.3) is 0 Å². The molecule has 26 heavy (non-hydrogen) atoms. The van der Waals surface area contributed by atoms with Gasteiger partial charge in [0.05, 0.1) is 5.69 Å². The summed E-state index contributed by atoms with van der Waals surface area (Å²) in [6.07, 6.45) is 2.20. The molecular weight excluding hydrogens is 338 g/mol. The van der Waals surface area contributed by atoms with Crippen molar-refractivity contribution in [1.29, 1.82) is 0 Å². The number of aromatic nitrogens is 1. The third kappa shape index (κ3) is 3.76. The fourth-order valence-electron chi connectivity index (χ4n) is 4.42. The van der Waals surface area contributed by atoms with E-state index in [2.05, 4.69) is 86.2 Å². The molecule has 0 aliphatic carbocycles. The van der Waals surface area contributed by atoms with Crippen molar-refractivity contribution in [3.8, 4) is 11.3 Å². The van der Waals surface area contributed by atoms with Crippen LogP contribution in [-0.2, 0) is 0 Å². The lowest BCUT2D eigenvalue weighted by Crippen LogP contribution is -2.60. The zero-order valence-corrected chi connectivity index (χ0v) is 16.8. The molecule has 1 aliphatic heterocycles. The molecule has 2 aromatic carbocycles. The van der Waals surface area contributed by atoms with Crippen molar-refractivity contribution in [1.82, 2.24) is 10.3 Å². The molecule has 2 heterocycles. The number of rotatable bonds is 3. The number of nitrogens with zero attached hydrogens (tertiary/aromatic N) is 1. The summed E-state index contributed by atoms with van der Waals surface area (Å²) in [5, 5.41) is 13.1. The molecular formula is C22H27N3S. The Morgan fingerprint density at radius 2 is 1.69 bits per heavy atom. The van der Waals surface area contributed by atoms with Crippen LogP contribution in [0.15, 0.2) is 47.8 Å². The average Bonchev–Trinajstić information content (AvgIpc) is 3.00. The number of hydrogen-bond donors (Lipinski definition) is 2. The minimum absolute atomic E-state index is 0.137. The molecule has 0 saturated carbocycles. The van der Waals surface area contributed by atoms with E-state index in [0.29, 0.717) is 6.04 Å². The van der Waals surface area contributed by atoms with E-state index in [4.69, 9.17) is 4.98 Å². The standard InChI is InChI=1S/C22H27N3S/c1-21(2)12-18(13-22(3,4)25-21)23-20-24-19(14-26-20)17-10-9-15-7-5-6-8-16(15)11-17/h5-11,14,18,25H,12-13H2,1-4H3,(H,23,24). The maximum Gasteiger partial charge on any atom is 0.183 e. The molecule has 0 amide bonds. The first-order valence-electron chi connectivity index (χ1n) is 9.30. The number of benzene rings is 2. The van der Waals surface area contributed by atoms with Crippen LogP contribution in [0.5, 0.6) is 0 Å². The van der Waals surface area contributed by atoms with Crippen LogP contribution in [0.25, 0.3) is 22.0 Å². The van der Waals surface area contributed by atoms with Crippen molar-refractivity contribution in [2.45, 2.75) is 57.7 Å². The summed E-state index contributed by atoms with van der Waals surface area (Å²) in [5.41, 5.74) is 2.50. The molecule has 3 aromatic rings. The van der Waals surface area contributed by atoms with Gasteiger partial charge in [-0.1, -0.05) is 36.4 Å². The third-order valence-electron chi connectivity index (χ3n) is 5.07. The minimum Gasteiger partial charge on any atom is -0.359 e. The minimum atomic E-state index is 0.137. The van der Waals surface area contributed by atoms with Crippen LogP contribution in [0, 0.1) is 0 Å². The van der Waals surface area contributed by atoms with Crippen LogP contribution in [0.3, 0.4) is 0 Å². The fourth-order valence-corrected chi connectivity index (χ4v) is 5.22. The molecule has 0 unspecified atom stereocenters. The van der Waals surface area contributed by atoms with Crippen molar-refractivity contribution in [2.75, 3.05) is 5.32 Å². The van der Waals surface area contributed by atoms with Gasteiger partial charge in [-0.2, -0.15) is 0 Å². The second-order valence-electron chi connectivity index (χ2n) is 8.74. The Bertz CT molecular complexity index is 910. The number of hydrogen-bond acceptors (Lipinski definition) is 4. The molecule has 0 spiro atoms. The lowest BCUT2D eigenvalue weighted by atomic mass is 9.80. The van der Waals surface area contributed by atoms with Gasteiger partial charge < -0.3 is 10.6 Å². The molecule has 0 bridgehead atoms. The van der Waals surface area contributed by atoms with E-state index in [9.17, 15) is 0 Å². The molecule has 0 atom stereocenters. The lowest BCUT2D eigenvalue weighted by molar-refractivity contribution is 0.170. The van der Waals surface area contributed by atoms with Crippen molar-refractivity contribution in [2.24, 2.45) is 0 Å². The molecule has 4 heteroatoms. The number of nitrogens with one attached hydrogen (secondary N) is 2. The van der Waals surface area contributed by atoms with Crippen molar-refractivity contribution in [3.05, 3.63) is 47.8 Å². The molecule has 1 fully saturated rings. The van der Waals surface area contributed by atoms with Crippen LogP contribution in [0.2, 0.25) is 0 Å². The smallest absolute Gasteiger partial charge is 0.183 e. The summed E-state index contributed by atoms with van der Waals surface area (Å²) in [4.78, 5) is 4.86. The highest BCUT2D eigenvalue weighted by molar-refractivity contribution is 7.14. The van der Waals surface area contributed by atoms with Crippen molar-refractivity contribution < 1.29 is 0 Å². The topological polar surface area (TPSA) is 37.0 Å². The maximum atomic E-state index is 4.86. The SMILES string of the molecule is CC1(C)CC(Nc2nc(-c3ccc4ccccc4c3)cs2)CC(C)(C)N1. The molecule has 1 saturated heterocycles. The predicted molar refractivity (Wildman–Crippen MR) is 113 cm³/mol. The van der Waals surface area contributed by atoms with Gasteiger partial charge in [-0.25, -0.2) is 4.98 Å². The molecule has 2 N–H and O–H groups in total. The van der Waals surface area contributed by atoms with Gasteiger partial charge >= 0.3 is 0 Å². The van der Waals surface area contributed by atoms with Crippen LogP contribution in [0.1, 0.15) is 40.5 Å². The van der Waals surface area contributed by atoms with Gasteiger partial charge in [-0.15, -0.1) is 11.3 Å². The molecule has 136 valence electrons. The molecule has 1 aromatic heterocycles. The maximum absolute atomic E-state index is 4.86. The Kier molecular flexibility index (Phi) is 4.28. The van der Waals surface area contributed by atoms with Gasteiger partial charge in [-0.3, -0.25) is 0 Å². The first-order chi connectivity index (χ1) is 12.3. The molecule has 1 aliphatic rings. The first-order valence-corrected chi connectivity index (χ1v) is 10.2. The van der Waals surface area contributed by atoms with Gasteiger partial charge in [0.2, 0.25) is 0 Å². The largest absolute Gasteiger partial charge is 0.359 e. The van der Waals surface area contributed by atoms with E-state index in [1.54, 1.807) is 11.3 Å². The summed E-state index contributed by atoms with van der Waals surface area (Å²) in [5.74, 6) is 0. The van der Waals surface area contributed by atoms with Crippen LogP contribution in [-0.4, -0.2) is 22.1 Å². The summed E-state index contributed by atoms with van der Waals surface area (Å²) in [7, 11) is 0. The van der Waals surface area contributed by atoms with E-state index in [0.717, 1.165) is 23.7 Å². The summed E-state index contributed by atoms with van der Waals surface area (Å²) in [6, 6.07) is 15.5. The molecule has 0 radical (unpaired) electrons. The van der Waals surface area contributed by atoms with Gasteiger partial charge in [0.15, 0.2) is 5.13 Å². The first kappa shape index (κ1) is 17.5. The van der Waals surface area contributed by atoms with Crippen LogP contribution >= 0.6 is 11.3 Å². The summed E-state index contributed by atoms with van der Waals surface area (Å²) < 4.78 is 0. The highest BCUT2D eigenvalue weighted by Gasteiger charge is 2.37. The number of piperidine rings is 1. The van der Waals surface area contributed by atoms with E-state index in [1.165, 1.54) is 16.3 Å². The van der Waals surface area contributed by atoms with Crippen molar-refractivity contribution >= 4 is 27.2 Å². The van der Waals surface area contributed by atoms with E-state index in [-0.39, 0.29) is 11.1 Å². The highest BCUT2D eigenvalue weighted by atomic mass is 32.1.